The van der Waals surface area contributed by atoms with Gasteiger partial charge in [-0.15, -0.1) is 0 Å². The molecule has 20 heavy (non-hydrogen) atoms. The van der Waals surface area contributed by atoms with Crippen molar-refractivity contribution in [3.8, 4) is 11.4 Å². The highest BCUT2D eigenvalue weighted by atomic mass is 16.5. The quantitative estimate of drug-likeness (QED) is 0.918. The summed E-state index contributed by atoms with van der Waals surface area (Å²) in [6, 6.07) is 8.17. The minimum atomic E-state index is -1.34. The zero-order valence-electron chi connectivity index (χ0n) is 11.1. The molecule has 0 aliphatic rings. The number of carboxylic acid groups (broad SMARTS) is 1. The van der Waals surface area contributed by atoms with E-state index in [2.05, 4.69) is 5.10 Å². The highest BCUT2D eigenvalue weighted by Crippen LogP contribution is 2.15. The second-order valence-corrected chi connectivity index (χ2v) is 4.44. The first-order valence-electron chi connectivity index (χ1n) is 6.08. The summed E-state index contributed by atoms with van der Waals surface area (Å²) in [6.45, 7) is 3.85. The topological polar surface area (TPSA) is 81.4 Å². The number of aromatic nitrogens is 2. The molecule has 104 valence electrons. The minimum absolute atomic E-state index is 0.0741. The number of carboxylic acids is 1. The Morgan fingerprint density at radius 2 is 1.90 bits per heavy atom. The van der Waals surface area contributed by atoms with Crippen LogP contribution < -0.4 is 10.2 Å². The Hall–Kier alpha value is -2.63. The molecule has 1 aromatic carbocycles. The van der Waals surface area contributed by atoms with Gasteiger partial charge in [0.25, 0.3) is 0 Å². The van der Waals surface area contributed by atoms with Crippen molar-refractivity contribution in [3.05, 3.63) is 52.4 Å². The highest BCUT2D eigenvalue weighted by molar-refractivity contribution is 5.84. The van der Waals surface area contributed by atoms with Crippen molar-refractivity contribution in [2.75, 3.05) is 0 Å². The highest BCUT2D eigenvalue weighted by Gasteiger charge is 2.11. The largest absolute Gasteiger partial charge is 0.491 e. The van der Waals surface area contributed by atoms with Crippen molar-refractivity contribution in [1.29, 1.82) is 0 Å². The number of carbonyl (C=O) groups is 1. The fourth-order valence-corrected chi connectivity index (χ4v) is 1.65. The van der Waals surface area contributed by atoms with Crippen LogP contribution in [-0.4, -0.2) is 27.0 Å². The zero-order chi connectivity index (χ0) is 14.7. The number of ether oxygens (including phenoxy) is 1. The molecule has 2 aromatic rings. The smallest absolute Gasteiger partial charge is 0.360 e. The maximum atomic E-state index is 11.3. The molecule has 0 amide bonds. The van der Waals surface area contributed by atoms with E-state index in [9.17, 15) is 9.59 Å². The summed E-state index contributed by atoms with van der Waals surface area (Å²) >= 11 is 0. The molecule has 0 fully saturated rings. The van der Waals surface area contributed by atoms with Gasteiger partial charge in [0.2, 0.25) is 11.1 Å². The van der Waals surface area contributed by atoms with E-state index >= 15 is 0 Å². The Labute approximate surface area is 115 Å². The average Bonchev–Trinajstić information content (AvgIpc) is 2.39. The third-order valence-corrected chi connectivity index (χ3v) is 2.48. The van der Waals surface area contributed by atoms with Crippen LogP contribution in [0.15, 0.2) is 41.3 Å². The van der Waals surface area contributed by atoms with Crippen LogP contribution in [0.3, 0.4) is 0 Å². The van der Waals surface area contributed by atoms with Crippen LogP contribution in [-0.2, 0) is 0 Å². The van der Waals surface area contributed by atoms with Crippen molar-refractivity contribution in [3.63, 3.8) is 0 Å². The third-order valence-electron chi connectivity index (χ3n) is 2.48. The van der Waals surface area contributed by atoms with Crippen LogP contribution in [0.25, 0.3) is 5.69 Å². The zero-order valence-corrected chi connectivity index (χ0v) is 11.1. The van der Waals surface area contributed by atoms with Crippen molar-refractivity contribution in [2.45, 2.75) is 20.0 Å². The van der Waals surface area contributed by atoms with E-state index in [1.807, 2.05) is 13.8 Å². The van der Waals surface area contributed by atoms with Gasteiger partial charge in [0.1, 0.15) is 5.75 Å². The van der Waals surface area contributed by atoms with E-state index in [-0.39, 0.29) is 6.10 Å². The summed E-state index contributed by atoms with van der Waals surface area (Å²) in [5, 5.41) is 12.7. The predicted molar refractivity (Wildman–Crippen MR) is 72.6 cm³/mol. The number of hydrogen-bond acceptors (Lipinski definition) is 4. The lowest BCUT2D eigenvalue weighted by atomic mass is 10.3. The molecule has 6 nitrogen and oxygen atoms in total. The van der Waals surface area contributed by atoms with E-state index in [0.29, 0.717) is 11.4 Å². The van der Waals surface area contributed by atoms with Crippen LogP contribution in [0, 0.1) is 0 Å². The minimum Gasteiger partial charge on any atom is -0.491 e. The summed E-state index contributed by atoms with van der Waals surface area (Å²) in [6.07, 6.45) is 1.50. The Kier molecular flexibility index (Phi) is 3.84. The third kappa shape index (κ3) is 3.03. The van der Waals surface area contributed by atoms with Gasteiger partial charge in [-0.3, -0.25) is 4.79 Å². The molecule has 0 saturated heterocycles. The van der Waals surface area contributed by atoms with Crippen molar-refractivity contribution in [2.24, 2.45) is 0 Å². The van der Waals surface area contributed by atoms with Gasteiger partial charge < -0.3 is 9.84 Å². The second kappa shape index (κ2) is 5.56. The van der Waals surface area contributed by atoms with Gasteiger partial charge in [0.15, 0.2) is 0 Å². The monoisotopic (exact) mass is 274 g/mol. The molecule has 0 aliphatic heterocycles. The molecule has 0 saturated carbocycles. The molecule has 1 N–H and O–H groups in total. The summed E-state index contributed by atoms with van der Waals surface area (Å²) in [5.74, 6) is -0.632. The normalized spacial score (nSPS) is 10.6. The molecule has 0 unspecified atom stereocenters. The maximum Gasteiger partial charge on any atom is 0.360 e. The number of rotatable bonds is 4. The molecule has 0 bridgehead atoms. The molecule has 0 radical (unpaired) electrons. The summed E-state index contributed by atoms with van der Waals surface area (Å²) in [7, 11) is 0. The van der Waals surface area contributed by atoms with Gasteiger partial charge in [-0.25, -0.2) is 9.48 Å². The Bertz CT molecular complexity index is 674. The Morgan fingerprint density at radius 3 is 2.45 bits per heavy atom. The second-order valence-electron chi connectivity index (χ2n) is 4.44. The standard InChI is InChI=1S/C14H14N2O4/c1-9(2)20-11-5-3-10(4-6-11)16-8-7-12(17)13(15-16)14(18)19/h3-9H,1-2H3,(H,18,19). The SMILES string of the molecule is CC(C)Oc1ccc(-n2ccc(=O)c(C(=O)O)n2)cc1. The van der Waals surface area contributed by atoms with E-state index in [1.54, 1.807) is 24.3 Å². The van der Waals surface area contributed by atoms with E-state index in [0.717, 1.165) is 0 Å². The van der Waals surface area contributed by atoms with Crippen LogP contribution >= 0.6 is 0 Å². The van der Waals surface area contributed by atoms with Crippen LogP contribution in [0.4, 0.5) is 0 Å². The van der Waals surface area contributed by atoms with E-state index < -0.39 is 17.1 Å². The average molecular weight is 274 g/mol. The molecule has 2 rings (SSSR count). The molecule has 6 heteroatoms. The van der Waals surface area contributed by atoms with Gasteiger partial charge in [0.05, 0.1) is 11.8 Å². The number of hydrogen-bond donors (Lipinski definition) is 1. The first-order chi connectivity index (χ1) is 9.47. The van der Waals surface area contributed by atoms with Crippen LogP contribution in [0.1, 0.15) is 24.3 Å². The lowest BCUT2D eigenvalue weighted by molar-refractivity contribution is 0.0687. The van der Waals surface area contributed by atoms with Gasteiger partial charge in [0, 0.05) is 12.3 Å². The van der Waals surface area contributed by atoms with Crippen molar-refractivity contribution < 1.29 is 14.6 Å². The van der Waals surface area contributed by atoms with E-state index in [4.69, 9.17) is 9.84 Å². The van der Waals surface area contributed by atoms with Gasteiger partial charge in [-0.05, 0) is 38.1 Å². The summed E-state index contributed by atoms with van der Waals surface area (Å²) in [5.41, 5.74) is -0.480. The number of benzene rings is 1. The Balaban J connectivity index is 2.34. The molecular weight excluding hydrogens is 260 g/mol. The van der Waals surface area contributed by atoms with Gasteiger partial charge >= 0.3 is 5.97 Å². The van der Waals surface area contributed by atoms with Gasteiger partial charge in [-0.1, -0.05) is 0 Å². The lowest BCUT2D eigenvalue weighted by Gasteiger charge is -2.11. The molecule has 1 heterocycles. The number of nitrogens with zero attached hydrogens (tertiary/aromatic N) is 2. The maximum absolute atomic E-state index is 11.3. The van der Waals surface area contributed by atoms with E-state index in [1.165, 1.54) is 16.9 Å². The van der Waals surface area contributed by atoms with Crippen molar-refractivity contribution >= 4 is 5.97 Å². The van der Waals surface area contributed by atoms with Crippen LogP contribution in [0.2, 0.25) is 0 Å². The van der Waals surface area contributed by atoms with Crippen molar-refractivity contribution in [1.82, 2.24) is 9.78 Å². The number of aromatic carboxylic acids is 1. The first-order valence-corrected chi connectivity index (χ1v) is 6.08. The molecular formula is C14H14N2O4. The molecule has 1 aromatic heterocycles. The molecule has 0 atom stereocenters. The summed E-state index contributed by atoms with van der Waals surface area (Å²) in [4.78, 5) is 22.2. The molecule has 0 aliphatic carbocycles. The lowest BCUT2D eigenvalue weighted by Crippen LogP contribution is -2.20. The fraction of sp³-hybridized carbons (Fsp3) is 0.214. The van der Waals surface area contributed by atoms with Crippen LogP contribution in [0.5, 0.6) is 5.75 Å². The predicted octanol–water partition coefficient (Wildman–Crippen LogP) is 1.72. The Morgan fingerprint density at radius 1 is 1.25 bits per heavy atom. The van der Waals surface area contributed by atoms with Gasteiger partial charge in [-0.2, -0.15) is 5.10 Å². The first kappa shape index (κ1) is 13.8. The summed E-state index contributed by atoms with van der Waals surface area (Å²) < 4.78 is 6.85. The molecule has 0 spiro atoms. The fourth-order valence-electron chi connectivity index (χ4n) is 1.65.